The summed E-state index contributed by atoms with van der Waals surface area (Å²) in [6.07, 6.45) is 11.5. The van der Waals surface area contributed by atoms with Crippen molar-refractivity contribution in [3.63, 3.8) is 0 Å². The monoisotopic (exact) mass is 637 g/mol. The van der Waals surface area contributed by atoms with Gasteiger partial charge in [-0.05, 0) is 69.4 Å². The van der Waals surface area contributed by atoms with E-state index in [1.165, 1.54) is 0 Å². The molecule has 2 atom stereocenters. The van der Waals surface area contributed by atoms with Gasteiger partial charge in [-0.1, -0.05) is 112 Å². The quantitative estimate of drug-likeness (QED) is 0.130. The summed E-state index contributed by atoms with van der Waals surface area (Å²) in [6.45, 7) is 11.7. The number of benzene rings is 3. The smallest absolute Gasteiger partial charge is 0.408 e. The Balaban J connectivity index is 2.12. The van der Waals surface area contributed by atoms with Gasteiger partial charge in [-0.3, -0.25) is 9.59 Å². The number of nitrogens with zero attached hydrogens (tertiary/aromatic N) is 1. The van der Waals surface area contributed by atoms with Gasteiger partial charge in [0.15, 0.2) is 0 Å². The van der Waals surface area contributed by atoms with Crippen molar-refractivity contribution in [1.82, 2.24) is 10.2 Å². The minimum absolute atomic E-state index is 0.216. The molecule has 2 unspecified atom stereocenters. The molecule has 0 bridgehead atoms. The third-order valence-electron chi connectivity index (χ3n) is 8.01. The molecule has 7 nitrogen and oxygen atoms in total. The Bertz CT molecular complexity index is 1500. The lowest BCUT2D eigenvalue weighted by Crippen LogP contribution is -2.53. The second-order valence-electron chi connectivity index (χ2n) is 13.1. The van der Waals surface area contributed by atoms with Crippen molar-refractivity contribution >= 4 is 23.6 Å². The fraction of sp³-hybridized carbons (Fsp3) is 0.425. The number of hydrogen-bond acceptors (Lipinski definition) is 4. The number of anilines is 1. The molecule has 7 heteroatoms. The first-order chi connectivity index (χ1) is 22.4. The van der Waals surface area contributed by atoms with Crippen molar-refractivity contribution in [3.8, 4) is 12.3 Å². The van der Waals surface area contributed by atoms with Gasteiger partial charge >= 0.3 is 6.09 Å². The summed E-state index contributed by atoms with van der Waals surface area (Å²) in [6, 6.07) is 20.5. The second-order valence-corrected chi connectivity index (χ2v) is 13.1. The van der Waals surface area contributed by atoms with Gasteiger partial charge < -0.3 is 20.3 Å². The van der Waals surface area contributed by atoms with E-state index in [0.717, 1.165) is 48.8 Å². The third-order valence-corrected chi connectivity index (χ3v) is 8.01. The Morgan fingerprint density at radius 1 is 0.851 bits per heavy atom. The molecule has 3 rings (SSSR count). The number of terminal acetylenes is 1. The van der Waals surface area contributed by atoms with E-state index < -0.39 is 23.8 Å². The summed E-state index contributed by atoms with van der Waals surface area (Å²) in [5.74, 6) is 1.96. The Morgan fingerprint density at radius 2 is 1.47 bits per heavy atom. The van der Waals surface area contributed by atoms with Crippen molar-refractivity contribution < 1.29 is 19.1 Å². The summed E-state index contributed by atoms with van der Waals surface area (Å²) in [4.78, 5) is 44.1. The van der Waals surface area contributed by atoms with Crippen LogP contribution in [0.5, 0.6) is 0 Å². The maximum absolute atomic E-state index is 14.8. The molecular weight excluding hydrogens is 586 g/mol. The molecule has 0 aliphatic heterocycles. The van der Waals surface area contributed by atoms with Crippen molar-refractivity contribution in [2.24, 2.45) is 0 Å². The molecule has 0 aliphatic carbocycles. The van der Waals surface area contributed by atoms with Crippen molar-refractivity contribution in [2.75, 3.05) is 11.9 Å². The Labute approximate surface area is 281 Å². The summed E-state index contributed by atoms with van der Waals surface area (Å²) < 4.78 is 5.58. The number of alkyl carbamates (subject to hydrolysis) is 1. The van der Waals surface area contributed by atoms with Crippen LogP contribution in [-0.2, 0) is 20.7 Å². The number of hydrogen-bond donors (Lipinski definition) is 2. The van der Waals surface area contributed by atoms with Gasteiger partial charge in [0.05, 0.1) is 0 Å². The lowest BCUT2D eigenvalue weighted by molar-refractivity contribution is -0.140. The molecule has 2 N–H and O–H groups in total. The first-order valence-corrected chi connectivity index (χ1v) is 16.7. The minimum atomic E-state index is -1.05. The number of carbonyl (C=O) groups excluding carboxylic acids is 3. The van der Waals surface area contributed by atoms with E-state index in [1.807, 2.05) is 74.5 Å². The van der Waals surface area contributed by atoms with Crippen LogP contribution in [0.3, 0.4) is 0 Å². The maximum atomic E-state index is 14.8. The number of ether oxygens (including phenoxy) is 1. The molecule has 250 valence electrons. The van der Waals surface area contributed by atoms with Gasteiger partial charge in [0.2, 0.25) is 5.91 Å². The summed E-state index contributed by atoms with van der Waals surface area (Å²) >= 11 is 0. The Kier molecular flexibility index (Phi) is 14.1. The normalized spacial score (nSPS) is 12.4. The van der Waals surface area contributed by atoms with E-state index in [0.29, 0.717) is 29.8 Å². The van der Waals surface area contributed by atoms with Crippen LogP contribution in [-0.4, -0.2) is 41.0 Å². The first kappa shape index (κ1) is 36.9. The van der Waals surface area contributed by atoms with E-state index in [9.17, 15) is 14.4 Å². The van der Waals surface area contributed by atoms with Crippen LogP contribution in [0, 0.1) is 26.2 Å². The highest BCUT2D eigenvalue weighted by molar-refractivity contribution is 6.00. The number of nitrogens with one attached hydrogen (secondary N) is 2. The van der Waals surface area contributed by atoms with E-state index >= 15 is 0 Å². The van der Waals surface area contributed by atoms with E-state index in [1.54, 1.807) is 37.8 Å². The second kappa shape index (κ2) is 17.9. The largest absolute Gasteiger partial charge is 0.444 e. The first-order valence-electron chi connectivity index (χ1n) is 16.7. The predicted octanol–water partition coefficient (Wildman–Crippen LogP) is 8.29. The molecule has 47 heavy (non-hydrogen) atoms. The third kappa shape index (κ3) is 11.3. The molecular formula is C40H51N3O4. The fourth-order valence-electron chi connectivity index (χ4n) is 5.65. The van der Waals surface area contributed by atoms with Crippen LogP contribution in [0.15, 0.2) is 72.8 Å². The molecule has 0 radical (unpaired) electrons. The van der Waals surface area contributed by atoms with E-state index in [2.05, 4.69) is 23.5 Å². The van der Waals surface area contributed by atoms with E-state index in [-0.39, 0.29) is 18.2 Å². The number of para-hydroxylation sites is 1. The zero-order valence-electron chi connectivity index (χ0n) is 28.9. The zero-order valence-corrected chi connectivity index (χ0v) is 28.9. The summed E-state index contributed by atoms with van der Waals surface area (Å²) in [7, 11) is 0. The van der Waals surface area contributed by atoms with Gasteiger partial charge in [-0.15, -0.1) is 6.42 Å². The average molecular weight is 638 g/mol. The van der Waals surface area contributed by atoms with Gasteiger partial charge in [-0.25, -0.2) is 4.79 Å². The standard InChI is InChI=1S/C40H51N3O4/c1-8-10-11-12-13-19-27-43(38(45)34(28-31-23-15-14-16-24-31)41-39(46)47-40(5,6)7)36(33-26-18-17-25-32(33)9-2)37(44)42-35-29(3)21-20-22-30(35)4/h2,14-18,20-26,34,36H,8,10-13,19,27-28H2,1,3-7H3,(H,41,46)(H,42,44). The topological polar surface area (TPSA) is 87.7 Å². The van der Waals surface area contributed by atoms with Crippen LogP contribution in [0.4, 0.5) is 10.5 Å². The molecule has 0 spiro atoms. The predicted molar refractivity (Wildman–Crippen MR) is 190 cm³/mol. The van der Waals surface area contributed by atoms with Crippen LogP contribution < -0.4 is 10.6 Å². The number of amides is 3. The number of aryl methyl sites for hydroxylation is 2. The molecule has 3 amide bonds. The Morgan fingerprint density at radius 3 is 2.11 bits per heavy atom. The van der Waals surface area contributed by atoms with E-state index in [4.69, 9.17) is 11.2 Å². The maximum Gasteiger partial charge on any atom is 0.408 e. The van der Waals surface area contributed by atoms with Gasteiger partial charge in [-0.2, -0.15) is 0 Å². The van der Waals surface area contributed by atoms with Gasteiger partial charge in [0, 0.05) is 24.2 Å². The molecule has 0 saturated carbocycles. The molecule has 3 aromatic rings. The minimum Gasteiger partial charge on any atom is -0.444 e. The number of unbranched alkanes of at least 4 members (excludes halogenated alkanes) is 5. The Hall–Kier alpha value is -4.57. The van der Waals surface area contributed by atoms with Crippen LogP contribution >= 0.6 is 0 Å². The highest BCUT2D eigenvalue weighted by atomic mass is 16.6. The average Bonchev–Trinajstić information content (AvgIpc) is 3.03. The molecule has 0 aromatic heterocycles. The van der Waals surface area contributed by atoms with Crippen molar-refractivity contribution in [1.29, 1.82) is 0 Å². The fourth-order valence-corrected chi connectivity index (χ4v) is 5.65. The van der Waals surface area contributed by atoms with Gasteiger partial charge in [0.25, 0.3) is 5.91 Å². The zero-order chi connectivity index (χ0) is 34.4. The molecule has 0 saturated heterocycles. The van der Waals surface area contributed by atoms with Gasteiger partial charge in [0.1, 0.15) is 17.7 Å². The van der Waals surface area contributed by atoms with Crippen molar-refractivity contribution in [2.45, 2.75) is 104 Å². The SMILES string of the molecule is C#Cc1ccccc1C(C(=O)Nc1c(C)cccc1C)N(CCCCCCCC)C(=O)C(Cc1ccccc1)NC(=O)OC(C)(C)C. The lowest BCUT2D eigenvalue weighted by Gasteiger charge is -2.35. The van der Waals surface area contributed by atoms with Crippen LogP contribution in [0.2, 0.25) is 0 Å². The molecule has 0 aliphatic rings. The highest BCUT2D eigenvalue weighted by Crippen LogP contribution is 2.30. The van der Waals surface area contributed by atoms with Crippen molar-refractivity contribution in [3.05, 3.63) is 101 Å². The number of carbonyl (C=O) groups is 3. The van der Waals surface area contributed by atoms with Crippen LogP contribution in [0.1, 0.15) is 100 Å². The molecule has 0 heterocycles. The molecule has 0 fully saturated rings. The highest BCUT2D eigenvalue weighted by Gasteiger charge is 2.37. The number of rotatable bonds is 15. The molecule has 3 aromatic carbocycles. The summed E-state index contributed by atoms with van der Waals surface area (Å²) in [5, 5.41) is 5.97. The summed E-state index contributed by atoms with van der Waals surface area (Å²) in [5.41, 5.74) is 3.68. The lowest BCUT2D eigenvalue weighted by atomic mass is 9.95. The van der Waals surface area contributed by atoms with Crippen LogP contribution in [0.25, 0.3) is 0 Å².